The lowest BCUT2D eigenvalue weighted by Crippen LogP contribution is -2.19. The summed E-state index contributed by atoms with van der Waals surface area (Å²) in [6.45, 7) is 1.70. The van der Waals surface area contributed by atoms with Crippen molar-refractivity contribution >= 4 is 11.6 Å². The highest BCUT2D eigenvalue weighted by molar-refractivity contribution is 6.22. The monoisotopic (exact) mass is 174 g/mol. The highest BCUT2D eigenvalue weighted by Gasteiger charge is 2.25. The largest absolute Gasteiger partial charge is 0.290 e. The fourth-order valence-corrected chi connectivity index (χ4v) is 1.72. The van der Waals surface area contributed by atoms with Gasteiger partial charge in [-0.15, -0.1) is 0 Å². The van der Waals surface area contributed by atoms with Crippen molar-refractivity contribution in [1.82, 2.24) is 0 Å². The smallest absolute Gasteiger partial charge is 0.185 e. The van der Waals surface area contributed by atoms with E-state index in [1.165, 1.54) is 6.08 Å². The van der Waals surface area contributed by atoms with Crippen LogP contribution in [0.2, 0.25) is 0 Å². The van der Waals surface area contributed by atoms with Gasteiger partial charge in [0, 0.05) is 16.7 Å². The molecule has 0 aromatic carbocycles. The van der Waals surface area contributed by atoms with Crippen LogP contribution in [-0.4, -0.2) is 11.6 Å². The maximum absolute atomic E-state index is 11.6. The van der Waals surface area contributed by atoms with Crippen LogP contribution in [0.15, 0.2) is 34.9 Å². The van der Waals surface area contributed by atoms with E-state index in [-0.39, 0.29) is 11.6 Å². The normalized spacial score (nSPS) is 21.8. The van der Waals surface area contributed by atoms with Crippen molar-refractivity contribution in [1.29, 1.82) is 0 Å². The summed E-state index contributed by atoms with van der Waals surface area (Å²) in [6, 6.07) is 0. The van der Waals surface area contributed by atoms with Crippen molar-refractivity contribution in [3.63, 3.8) is 0 Å². The SMILES string of the molecule is CC1=CC(=O)C2=C(CC=CC2)C1=O. The summed E-state index contributed by atoms with van der Waals surface area (Å²) in [5.41, 5.74) is 1.96. The molecule has 0 aromatic heterocycles. The summed E-state index contributed by atoms with van der Waals surface area (Å²) in [6.07, 6.45) is 6.57. The molecule has 2 aliphatic carbocycles. The van der Waals surface area contributed by atoms with Crippen molar-refractivity contribution in [2.24, 2.45) is 0 Å². The van der Waals surface area contributed by atoms with E-state index in [1.54, 1.807) is 6.92 Å². The Morgan fingerprint density at radius 3 is 2.38 bits per heavy atom. The maximum atomic E-state index is 11.6. The van der Waals surface area contributed by atoms with E-state index in [0.29, 0.717) is 29.6 Å². The van der Waals surface area contributed by atoms with Gasteiger partial charge in [0.05, 0.1) is 0 Å². The van der Waals surface area contributed by atoms with E-state index in [9.17, 15) is 9.59 Å². The third kappa shape index (κ3) is 1.18. The lowest BCUT2D eigenvalue weighted by atomic mass is 9.84. The second-order valence-corrected chi connectivity index (χ2v) is 3.36. The number of Topliss-reactive ketones (excluding diaryl/α,β-unsaturated/α-hetero) is 1. The van der Waals surface area contributed by atoms with E-state index in [0.717, 1.165) is 0 Å². The zero-order valence-corrected chi connectivity index (χ0v) is 7.46. The second-order valence-electron chi connectivity index (χ2n) is 3.36. The minimum Gasteiger partial charge on any atom is -0.290 e. The van der Waals surface area contributed by atoms with Crippen LogP contribution in [0.5, 0.6) is 0 Å². The molecule has 0 fully saturated rings. The van der Waals surface area contributed by atoms with Crippen LogP contribution < -0.4 is 0 Å². The van der Waals surface area contributed by atoms with Crippen molar-refractivity contribution in [2.45, 2.75) is 19.8 Å². The van der Waals surface area contributed by atoms with E-state index in [2.05, 4.69) is 0 Å². The van der Waals surface area contributed by atoms with E-state index in [4.69, 9.17) is 0 Å². The number of hydrogen-bond donors (Lipinski definition) is 0. The second kappa shape index (κ2) is 2.80. The molecule has 0 atom stereocenters. The van der Waals surface area contributed by atoms with Gasteiger partial charge in [-0.1, -0.05) is 12.2 Å². The number of carbonyl (C=O) groups is 2. The van der Waals surface area contributed by atoms with Crippen molar-refractivity contribution in [2.75, 3.05) is 0 Å². The fraction of sp³-hybridized carbons (Fsp3) is 0.273. The standard InChI is InChI=1S/C11H10O2/c1-7-6-10(12)8-4-2-3-5-9(8)11(7)13/h2-3,6H,4-5H2,1H3. The first kappa shape index (κ1) is 8.17. The van der Waals surface area contributed by atoms with Crippen LogP contribution in [0.25, 0.3) is 0 Å². The van der Waals surface area contributed by atoms with Gasteiger partial charge in [-0.2, -0.15) is 0 Å². The molecule has 0 bridgehead atoms. The van der Waals surface area contributed by atoms with Gasteiger partial charge in [-0.25, -0.2) is 0 Å². The first-order chi connectivity index (χ1) is 6.20. The summed E-state index contributed by atoms with van der Waals surface area (Å²) in [7, 11) is 0. The molecule has 2 aliphatic rings. The topological polar surface area (TPSA) is 34.1 Å². The summed E-state index contributed by atoms with van der Waals surface area (Å²) in [5, 5.41) is 0. The molecule has 13 heavy (non-hydrogen) atoms. The highest BCUT2D eigenvalue weighted by Crippen LogP contribution is 2.27. The van der Waals surface area contributed by atoms with Crippen molar-refractivity contribution in [3.05, 3.63) is 34.9 Å². The third-order valence-corrected chi connectivity index (χ3v) is 2.45. The average Bonchev–Trinajstić information content (AvgIpc) is 2.15. The molecule has 0 heterocycles. The number of ketones is 2. The molecule has 0 spiro atoms. The molecule has 0 aliphatic heterocycles. The first-order valence-corrected chi connectivity index (χ1v) is 4.34. The highest BCUT2D eigenvalue weighted by atomic mass is 16.1. The third-order valence-electron chi connectivity index (χ3n) is 2.45. The molecule has 0 unspecified atom stereocenters. The number of carbonyl (C=O) groups excluding carboxylic acids is 2. The Labute approximate surface area is 76.6 Å². The number of rotatable bonds is 0. The molecule has 2 heteroatoms. The Hall–Kier alpha value is -1.44. The lowest BCUT2D eigenvalue weighted by Gasteiger charge is -2.17. The van der Waals surface area contributed by atoms with Crippen LogP contribution in [0.3, 0.4) is 0 Å². The summed E-state index contributed by atoms with van der Waals surface area (Å²) in [4.78, 5) is 23.1. The average molecular weight is 174 g/mol. The Kier molecular flexibility index (Phi) is 1.76. The van der Waals surface area contributed by atoms with Crippen molar-refractivity contribution in [3.8, 4) is 0 Å². The summed E-state index contributed by atoms with van der Waals surface area (Å²) >= 11 is 0. The quantitative estimate of drug-likeness (QED) is 0.414. The molecular weight excluding hydrogens is 164 g/mol. The predicted octanol–water partition coefficient (Wildman–Crippen LogP) is 1.73. The van der Waals surface area contributed by atoms with E-state index < -0.39 is 0 Å². The molecule has 0 saturated heterocycles. The number of allylic oxidation sites excluding steroid dienone is 6. The van der Waals surface area contributed by atoms with Crippen LogP contribution >= 0.6 is 0 Å². The van der Waals surface area contributed by atoms with Crippen LogP contribution in [0, 0.1) is 0 Å². The Balaban J connectivity index is 2.47. The van der Waals surface area contributed by atoms with Gasteiger partial charge >= 0.3 is 0 Å². The predicted molar refractivity (Wildman–Crippen MR) is 49.2 cm³/mol. The van der Waals surface area contributed by atoms with Gasteiger partial charge in [-0.3, -0.25) is 9.59 Å². The van der Waals surface area contributed by atoms with Crippen LogP contribution in [0.4, 0.5) is 0 Å². The Bertz CT molecular complexity index is 381. The Morgan fingerprint density at radius 1 is 1.08 bits per heavy atom. The van der Waals surface area contributed by atoms with Gasteiger partial charge in [0.1, 0.15) is 0 Å². The minimum absolute atomic E-state index is 0.0106. The molecule has 2 nitrogen and oxygen atoms in total. The van der Waals surface area contributed by atoms with Crippen molar-refractivity contribution < 1.29 is 9.59 Å². The maximum Gasteiger partial charge on any atom is 0.185 e. The molecule has 0 aromatic rings. The molecule has 66 valence electrons. The number of hydrogen-bond acceptors (Lipinski definition) is 2. The minimum atomic E-state index is 0.0106. The van der Waals surface area contributed by atoms with E-state index in [1.807, 2.05) is 12.2 Å². The van der Waals surface area contributed by atoms with Gasteiger partial charge in [0.25, 0.3) is 0 Å². The molecule has 0 N–H and O–H groups in total. The first-order valence-electron chi connectivity index (χ1n) is 4.34. The fourth-order valence-electron chi connectivity index (χ4n) is 1.72. The van der Waals surface area contributed by atoms with Gasteiger partial charge in [-0.05, 0) is 25.8 Å². The Morgan fingerprint density at radius 2 is 1.69 bits per heavy atom. The summed E-state index contributed by atoms with van der Waals surface area (Å²) < 4.78 is 0. The zero-order valence-electron chi connectivity index (χ0n) is 7.46. The molecule has 0 saturated carbocycles. The lowest BCUT2D eigenvalue weighted by molar-refractivity contribution is -0.116. The van der Waals surface area contributed by atoms with E-state index >= 15 is 0 Å². The molecule has 2 rings (SSSR count). The molecule has 0 radical (unpaired) electrons. The van der Waals surface area contributed by atoms with Crippen LogP contribution in [-0.2, 0) is 9.59 Å². The van der Waals surface area contributed by atoms with Gasteiger partial charge < -0.3 is 0 Å². The van der Waals surface area contributed by atoms with Gasteiger partial charge in [0.15, 0.2) is 11.6 Å². The zero-order chi connectivity index (χ0) is 9.42. The molecule has 0 amide bonds. The summed E-state index contributed by atoms with van der Waals surface area (Å²) in [5.74, 6) is 0.0513. The molecular formula is C11H10O2. The van der Waals surface area contributed by atoms with Gasteiger partial charge in [0.2, 0.25) is 0 Å². The van der Waals surface area contributed by atoms with Crippen LogP contribution in [0.1, 0.15) is 19.8 Å².